The molecule has 0 aliphatic carbocycles. The van der Waals surface area contributed by atoms with Gasteiger partial charge in [-0.05, 0) is 37.8 Å². The molecule has 2 saturated heterocycles. The average molecular weight is 517 g/mol. The van der Waals surface area contributed by atoms with Crippen molar-refractivity contribution in [2.24, 2.45) is 10.9 Å². The molecule has 2 aliphatic heterocycles. The minimum atomic E-state index is 0. The van der Waals surface area contributed by atoms with Gasteiger partial charge < -0.3 is 20.1 Å². The van der Waals surface area contributed by atoms with Crippen LogP contribution in [0.5, 0.6) is 0 Å². The van der Waals surface area contributed by atoms with E-state index in [0.29, 0.717) is 12.0 Å². The predicted molar refractivity (Wildman–Crippen MR) is 127 cm³/mol. The Morgan fingerprint density at radius 2 is 2.17 bits per heavy atom. The highest BCUT2D eigenvalue weighted by Crippen LogP contribution is 2.13. The molecular weight excluding hydrogens is 481 g/mol. The van der Waals surface area contributed by atoms with E-state index in [9.17, 15) is 0 Å². The van der Waals surface area contributed by atoms with E-state index in [1.165, 1.54) is 0 Å². The molecule has 164 valence electrons. The third-order valence-corrected chi connectivity index (χ3v) is 5.40. The molecule has 0 amide bonds. The minimum absolute atomic E-state index is 0. The van der Waals surface area contributed by atoms with Gasteiger partial charge in [0.25, 0.3) is 0 Å². The number of rotatable bonds is 9. The first-order valence-electron chi connectivity index (χ1n) is 10.6. The third kappa shape index (κ3) is 9.15. The van der Waals surface area contributed by atoms with Gasteiger partial charge in [-0.15, -0.1) is 24.0 Å². The van der Waals surface area contributed by atoms with Crippen molar-refractivity contribution in [1.82, 2.24) is 20.5 Å². The summed E-state index contributed by atoms with van der Waals surface area (Å²) in [5, 5.41) is 6.97. The van der Waals surface area contributed by atoms with Crippen LogP contribution in [0.1, 0.15) is 31.4 Å². The van der Waals surface area contributed by atoms with Crippen LogP contribution in [0.4, 0.5) is 0 Å². The van der Waals surface area contributed by atoms with Crippen LogP contribution in [0.2, 0.25) is 0 Å². The number of halogens is 1. The molecule has 2 N–H and O–H groups in total. The van der Waals surface area contributed by atoms with E-state index < -0.39 is 0 Å². The highest BCUT2D eigenvalue weighted by molar-refractivity contribution is 14.0. The molecule has 0 spiro atoms. The van der Waals surface area contributed by atoms with Gasteiger partial charge in [0.1, 0.15) is 0 Å². The van der Waals surface area contributed by atoms with Crippen molar-refractivity contribution in [3.05, 3.63) is 30.1 Å². The van der Waals surface area contributed by atoms with Crippen LogP contribution in [0, 0.1) is 5.92 Å². The number of nitrogens with one attached hydrogen (secondary N) is 2. The normalized spacial score (nSPS) is 21.0. The second kappa shape index (κ2) is 14.1. The quantitative estimate of drug-likeness (QED) is 0.227. The number of piperidine rings is 1. The number of aliphatic imine (C=N–C) groups is 1. The van der Waals surface area contributed by atoms with Gasteiger partial charge in [0, 0.05) is 64.6 Å². The van der Waals surface area contributed by atoms with Crippen LogP contribution in [-0.4, -0.2) is 75.0 Å². The molecule has 1 unspecified atom stereocenters. The van der Waals surface area contributed by atoms with E-state index in [4.69, 9.17) is 9.47 Å². The summed E-state index contributed by atoms with van der Waals surface area (Å²) in [6.07, 6.45) is 6.24. The predicted octanol–water partition coefficient (Wildman–Crippen LogP) is 2.27. The van der Waals surface area contributed by atoms with Crippen LogP contribution >= 0.6 is 24.0 Å². The SMILES string of the molecule is CN=C(NCCCOCC1CCOC1)NC1CCN(Cc2ccccn2)CC1.I. The van der Waals surface area contributed by atoms with Gasteiger partial charge in [0.2, 0.25) is 0 Å². The fourth-order valence-electron chi connectivity index (χ4n) is 3.69. The molecule has 2 aliphatic rings. The number of nitrogens with zero attached hydrogens (tertiary/aromatic N) is 3. The molecule has 29 heavy (non-hydrogen) atoms. The first-order valence-corrected chi connectivity index (χ1v) is 10.6. The molecule has 8 heteroatoms. The summed E-state index contributed by atoms with van der Waals surface area (Å²) in [6.45, 7) is 7.34. The van der Waals surface area contributed by atoms with Crippen molar-refractivity contribution < 1.29 is 9.47 Å². The largest absolute Gasteiger partial charge is 0.381 e. The summed E-state index contributed by atoms with van der Waals surface area (Å²) in [7, 11) is 1.84. The van der Waals surface area contributed by atoms with E-state index in [2.05, 4.69) is 37.6 Å². The molecule has 1 aromatic rings. The number of hydrogen-bond acceptors (Lipinski definition) is 5. The van der Waals surface area contributed by atoms with E-state index in [1.807, 2.05) is 19.3 Å². The van der Waals surface area contributed by atoms with E-state index in [0.717, 1.165) is 89.9 Å². The van der Waals surface area contributed by atoms with Gasteiger partial charge in [0.15, 0.2) is 5.96 Å². The molecular formula is C21H36IN5O2. The Labute approximate surface area is 192 Å². The maximum Gasteiger partial charge on any atom is 0.191 e. The average Bonchev–Trinajstić information content (AvgIpc) is 3.25. The fourth-order valence-corrected chi connectivity index (χ4v) is 3.69. The molecule has 0 radical (unpaired) electrons. The molecule has 1 aromatic heterocycles. The fraction of sp³-hybridized carbons (Fsp3) is 0.714. The maximum absolute atomic E-state index is 5.75. The summed E-state index contributed by atoms with van der Waals surface area (Å²) >= 11 is 0. The molecule has 3 heterocycles. The van der Waals surface area contributed by atoms with Gasteiger partial charge in [-0.25, -0.2) is 0 Å². The van der Waals surface area contributed by atoms with Crippen molar-refractivity contribution in [3.63, 3.8) is 0 Å². The first kappa shape index (κ1) is 24.3. The highest BCUT2D eigenvalue weighted by Gasteiger charge is 2.20. The van der Waals surface area contributed by atoms with Crippen LogP contribution < -0.4 is 10.6 Å². The lowest BCUT2D eigenvalue weighted by Crippen LogP contribution is -2.48. The third-order valence-electron chi connectivity index (χ3n) is 5.40. The van der Waals surface area contributed by atoms with Gasteiger partial charge >= 0.3 is 0 Å². The van der Waals surface area contributed by atoms with Gasteiger partial charge in [-0.1, -0.05) is 6.07 Å². The molecule has 2 fully saturated rings. The van der Waals surface area contributed by atoms with Gasteiger partial charge in [-0.2, -0.15) is 0 Å². The second-order valence-electron chi connectivity index (χ2n) is 7.67. The Morgan fingerprint density at radius 1 is 1.31 bits per heavy atom. The lowest BCUT2D eigenvalue weighted by atomic mass is 10.0. The smallest absolute Gasteiger partial charge is 0.191 e. The molecule has 0 saturated carbocycles. The summed E-state index contributed by atoms with van der Waals surface area (Å²) < 4.78 is 11.1. The van der Waals surface area contributed by atoms with Crippen molar-refractivity contribution in [3.8, 4) is 0 Å². The molecule has 3 rings (SSSR count). The highest BCUT2D eigenvalue weighted by atomic mass is 127. The van der Waals surface area contributed by atoms with Crippen LogP contribution in [0.25, 0.3) is 0 Å². The standard InChI is InChI=1S/C21H35N5O2.HI/c1-22-21(24-10-4-13-27-16-18-8-14-28-17-18)25-19-6-11-26(12-7-19)15-20-5-2-3-9-23-20;/h2-3,5,9,18-19H,4,6-8,10-17H2,1H3,(H2,22,24,25);1H. The number of hydrogen-bond donors (Lipinski definition) is 2. The van der Waals surface area contributed by atoms with Crippen LogP contribution in [0.3, 0.4) is 0 Å². The topological polar surface area (TPSA) is 71.0 Å². The van der Waals surface area contributed by atoms with E-state index in [1.54, 1.807) is 0 Å². The summed E-state index contributed by atoms with van der Waals surface area (Å²) in [6, 6.07) is 6.60. The second-order valence-corrected chi connectivity index (χ2v) is 7.67. The zero-order valence-corrected chi connectivity index (χ0v) is 19.8. The molecule has 0 bridgehead atoms. The monoisotopic (exact) mass is 517 g/mol. The number of aromatic nitrogens is 1. The molecule has 0 aromatic carbocycles. The van der Waals surface area contributed by atoms with Gasteiger partial charge in [-0.3, -0.25) is 14.9 Å². The Hall–Kier alpha value is -0.970. The summed E-state index contributed by atoms with van der Waals surface area (Å²) in [5.41, 5.74) is 1.15. The minimum Gasteiger partial charge on any atom is -0.381 e. The Balaban J connectivity index is 0.00000300. The van der Waals surface area contributed by atoms with E-state index in [-0.39, 0.29) is 24.0 Å². The van der Waals surface area contributed by atoms with Crippen molar-refractivity contribution in [2.75, 3.05) is 53.1 Å². The zero-order valence-electron chi connectivity index (χ0n) is 17.5. The molecule has 1 atom stereocenters. The van der Waals surface area contributed by atoms with Crippen LogP contribution in [-0.2, 0) is 16.0 Å². The number of ether oxygens (including phenoxy) is 2. The Morgan fingerprint density at radius 3 is 2.86 bits per heavy atom. The lowest BCUT2D eigenvalue weighted by Gasteiger charge is -2.32. The van der Waals surface area contributed by atoms with Gasteiger partial charge in [0.05, 0.1) is 18.9 Å². The van der Waals surface area contributed by atoms with Crippen LogP contribution in [0.15, 0.2) is 29.4 Å². The maximum atomic E-state index is 5.75. The Kier molecular flexibility index (Phi) is 11.8. The lowest BCUT2D eigenvalue weighted by molar-refractivity contribution is 0.0888. The number of likely N-dealkylation sites (tertiary alicyclic amines) is 1. The number of pyridine rings is 1. The van der Waals surface area contributed by atoms with Crippen molar-refractivity contribution >= 4 is 29.9 Å². The summed E-state index contributed by atoms with van der Waals surface area (Å²) in [4.78, 5) is 11.3. The summed E-state index contributed by atoms with van der Waals surface area (Å²) in [5.74, 6) is 1.48. The van der Waals surface area contributed by atoms with Crippen molar-refractivity contribution in [2.45, 2.75) is 38.3 Å². The zero-order chi connectivity index (χ0) is 19.4. The van der Waals surface area contributed by atoms with Crippen molar-refractivity contribution in [1.29, 1.82) is 0 Å². The first-order chi connectivity index (χ1) is 13.8. The Bertz CT molecular complexity index is 576. The molecule has 7 nitrogen and oxygen atoms in total. The van der Waals surface area contributed by atoms with E-state index >= 15 is 0 Å². The number of guanidine groups is 1.